The lowest BCUT2D eigenvalue weighted by Gasteiger charge is -2.36. The van der Waals surface area contributed by atoms with Gasteiger partial charge in [0.05, 0.1) is 5.69 Å². The van der Waals surface area contributed by atoms with Crippen molar-refractivity contribution in [3.63, 3.8) is 0 Å². The van der Waals surface area contributed by atoms with Crippen molar-refractivity contribution in [3.05, 3.63) is 77.3 Å². The zero-order chi connectivity index (χ0) is 18.9. The molecule has 0 saturated heterocycles. The summed E-state index contributed by atoms with van der Waals surface area (Å²) in [5.74, 6) is 0.216. The number of nitrogens with zero attached hydrogens (tertiary/aromatic N) is 2. The number of rotatable bonds is 3. The number of benzene rings is 1. The van der Waals surface area contributed by atoms with Gasteiger partial charge in [0.15, 0.2) is 0 Å². The molecule has 28 heavy (non-hydrogen) atoms. The number of aromatic amines is 1. The maximum Gasteiger partial charge on any atom is 0.227 e. The van der Waals surface area contributed by atoms with Crippen LogP contribution in [-0.2, 0) is 11.2 Å². The lowest BCUT2D eigenvalue weighted by molar-refractivity contribution is -0.132. The van der Waals surface area contributed by atoms with Gasteiger partial charge in [0.1, 0.15) is 6.04 Å². The summed E-state index contributed by atoms with van der Waals surface area (Å²) in [7, 11) is 0. The molecule has 3 heterocycles. The van der Waals surface area contributed by atoms with Crippen molar-refractivity contribution in [2.75, 3.05) is 6.54 Å². The van der Waals surface area contributed by atoms with Crippen LogP contribution in [0.2, 0.25) is 0 Å². The van der Waals surface area contributed by atoms with E-state index >= 15 is 0 Å². The van der Waals surface area contributed by atoms with Gasteiger partial charge < -0.3 is 9.88 Å². The van der Waals surface area contributed by atoms with E-state index in [9.17, 15) is 4.79 Å². The molecule has 2 aliphatic rings. The summed E-state index contributed by atoms with van der Waals surface area (Å²) in [5.41, 5.74) is 5.82. The highest BCUT2D eigenvalue weighted by molar-refractivity contribution is 5.87. The summed E-state index contributed by atoms with van der Waals surface area (Å²) in [4.78, 5) is 23.6. The van der Waals surface area contributed by atoms with E-state index in [1.807, 2.05) is 29.3 Å². The summed E-state index contributed by atoms with van der Waals surface area (Å²) in [5, 5.41) is 1.26. The van der Waals surface area contributed by atoms with Crippen LogP contribution in [0.25, 0.3) is 10.9 Å². The minimum atomic E-state index is -0.144. The van der Waals surface area contributed by atoms with Crippen molar-refractivity contribution in [1.82, 2.24) is 14.9 Å². The smallest absolute Gasteiger partial charge is 0.227 e. The molecule has 4 heteroatoms. The number of amides is 1. The number of allylic oxidation sites excluding steroid dienone is 1. The predicted octanol–water partition coefficient (Wildman–Crippen LogP) is 4.93. The van der Waals surface area contributed by atoms with Crippen molar-refractivity contribution >= 4 is 16.8 Å². The molecule has 0 saturated carbocycles. The number of para-hydroxylation sites is 1. The molecule has 1 aliphatic carbocycles. The zero-order valence-corrected chi connectivity index (χ0v) is 16.0. The first-order valence-electron chi connectivity index (χ1n) is 10.3. The molecule has 4 nitrogen and oxygen atoms in total. The number of aromatic nitrogens is 2. The molecule has 1 amide bonds. The van der Waals surface area contributed by atoms with Crippen LogP contribution in [0.3, 0.4) is 0 Å². The van der Waals surface area contributed by atoms with Crippen LogP contribution in [-0.4, -0.2) is 27.3 Å². The summed E-state index contributed by atoms with van der Waals surface area (Å²) < 4.78 is 0. The minimum absolute atomic E-state index is 0.144. The van der Waals surface area contributed by atoms with Gasteiger partial charge in [0, 0.05) is 35.8 Å². The fraction of sp³-hybridized carbons (Fsp3) is 0.333. The van der Waals surface area contributed by atoms with E-state index in [2.05, 4.69) is 40.3 Å². The van der Waals surface area contributed by atoms with Crippen molar-refractivity contribution in [2.24, 2.45) is 0 Å². The molecular weight excluding hydrogens is 346 g/mol. The average molecular weight is 371 g/mol. The monoisotopic (exact) mass is 371 g/mol. The number of carbonyl (C=O) groups excluding carboxylic acids is 1. The number of carbonyl (C=O) groups is 1. The Morgan fingerprint density at radius 3 is 2.82 bits per heavy atom. The summed E-state index contributed by atoms with van der Waals surface area (Å²) in [6, 6.07) is 14.2. The summed E-state index contributed by atoms with van der Waals surface area (Å²) >= 11 is 0. The Morgan fingerprint density at radius 1 is 1.11 bits per heavy atom. The Kier molecular flexibility index (Phi) is 4.47. The highest BCUT2D eigenvalue weighted by atomic mass is 16.2. The summed E-state index contributed by atoms with van der Waals surface area (Å²) in [6.07, 6.45) is 10.1. The predicted molar refractivity (Wildman–Crippen MR) is 111 cm³/mol. The van der Waals surface area contributed by atoms with Crippen LogP contribution in [0.5, 0.6) is 0 Å². The number of nitrogens with one attached hydrogen (secondary N) is 1. The quantitative estimate of drug-likeness (QED) is 0.664. The summed E-state index contributed by atoms with van der Waals surface area (Å²) in [6.45, 7) is 0.738. The number of pyridine rings is 1. The number of hydrogen-bond acceptors (Lipinski definition) is 2. The standard InChI is InChI=1S/C24H25N3O/c28-22(16-17-8-2-1-3-9-17)27-15-13-19-18-10-4-5-11-20(18)26-23(19)24(27)21-12-6-7-14-25-21/h4-8,10-12,14,24,26H,1-3,9,13,15-16H2/t24-/m1/s1. The molecule has 1 atom stereocenters. The van der Waals surface area contributed by atoms with E-state index in [0.29, 0.717) is 6.42 Å². The molecule has 5 rings (SSSR count). The van der Waals surface area contributed by atoms with Crippen molar-refractivity contribution < 1.29 is 4.79 Å². The molecule has 142 valence electrons. The second-order valence-corrected chi connectivity index (χ2v) is 7.84. The Morgan fingerprint density at radius 2 is 2.00 bits per heavy atom. The van der Waals surface area contributed by atoms with Gasteiger partial charge >= 0.3 is 0 Å². The lowest BCUT2D eigenvalue weighted by atomic mass is 9.92. The second kappa shape index (κ2) is 7.27. The van der Waals surface area contributed by atoms with Crippen molar-refractivity contribution in [2.45, 2.75) is 44.6 Å². The Labute approximate surface area is 165 Å². The molecule has 0 radical (unpaired) electrons. The van der Waals surface area contributed by atoms with E-state index in [-0.39, 0.29) is 11.9 Å². The normalized spacial score (nSPS) is 19.4. The van der Waals surface area contributed by atoms with E-state index in [1.165, 1.54) is 29.4 Å². The molecule has 3 aromatic rings. The Bertz CT molecular complexity index is 1030. The van der Waals surface area contributed by atoms with Crippen LogP contribution in [0.15, 0.2) is 60.3 Å². The van der Waals surface area contributed by atoms with Gasteiger partial charge in [-0.1, -0.05) is 35.9 Å². The molecule has 1 aliphatic heterocycles. The molecule has 0 unspecified atom stereocenters. The highest BCUT2D eigenvalue weighted by Crippen LogP contribution is 2.38. The van der Waals surface area contributed by atoms with Crippen molar-refractivity contribution in [3.8, 4) is 0 Å². The van der Waals surface area contributed by atoms with Crippen LogP contribution >= 0.6 is 0 Å². The van der Waals surface area contributed by atoms with Crippen LogP contribution in [0, 0.1) is 0 Å². The third-order valence-electron chi connectivity index (χ3n) is 6.09. The van der Waals surface area contributed by atoms with Gasteiger partial charge in [-0.2, -0.15) is 0 Å². The van der Waals surface area contributed by atoms with Crippen LogP contribution in [0.4, 0.5) is 0 Å². The fourth-order valence-corrected chi connectivity index (χ4v) is 4.72. The maximum atomic E-state index is 13.3. The van der Waals surface area contributed by atoms with Gasteiger partial charge in [0.2, 0.25) is 5.91 Å². The van der Waals surface area contributed by atoms with Gasteiger partial charge in [-0.25, -0.2) is 0 Å². The molecule has 0 fully saturated rings. The highest BCUT2D eigenvalue weighted by Gasteiger charge is 2.35. The Balaban J connectivity index is 1.55. The first-order valence-corrected chi connectivity index (χ1v) is 10.3. The molecule has 1 aromatic carbocycles. The van der Waals surface area contributed by atoms with E-state index in [0.717, 1.165) is 42.7 Å². The van der Waals surface area contributed by atoms with E-state index in [1.54, 1.807) is 0 Å². The SMILES string of the molecule is O=C(CC1=CCCCC1)N1CCc2c([nH]c3ccccc23)[C@H]1c1ccccn1. The van der Waals surface area contributed by atoms with Gasteiger partial charge in [-0.15, -0.1) is 0 Å². The third kappa shape index (κ3) is 3.03. The first-order chi connectivity index (χ1) is 13.8. The molecule has 0 bridgehead atoms. The largest absolute Gasteiger partial charge is 0.356 e. The van der Waals surface area contributed by atoms with Crippen molar-refractivity contribution in [1.29, 1.82) is 0 Å². The number of hydrogen-bond donors (Lipinski definition) is 1. The van der Waals surface area contributed by atoms with Crippen LogP contribution < -0.4 is 0 Å². The number of H-pyrrole nitrogens is 1. The fourth-order valence-electron chi connectivity index (χ4n) is 4.72. The lowest BCUT2D eigenvalue weighted by Crippen LogP contribution is -2.41. The van der Waals surface area contributed by atoms with Gasteiger partial charge in [-0.3, -0.25) is 9.78 Å². The molecule has 1 N–H and O–H groups in total. The van der Waals surface area contributed by atoms with E-state index in [4.69, 9.17) is 0 Å². The molecule has 2 aromatic heterocycles. The van der Waals surface area contributed by atoms with Gasteiger partial charge in [0.25, 0.3) is 0 Å². The van der Waals surface area contributed by atoms with Gasteiger partial charge in [-0.05, 0) is 55.9 Å². The first kappa shape index (κ1) is 17.2. The van der Waals surface area contributed by atoms with Crippen LogP contribution in [0.1, 0.15) is 55.1 Å². The zero-order valence-electron chi connectivity index (χ0n) is 16.0. The number of fused-ring (bicyclic) bond motifs is 3. The topological polar surface area (TPSA) is 49.0 Å². The average Bonchev–Trinajstić information content (AvgIpc) is 3.13. The molecular formula is C24H25N3O. The Hall–Kier alpha value is -2.88. The van der Waals surface area contributed by atoms with E-state index < -0.39 is 0 Å². The minimum Gasteiger partial charge on any atom is -0.356 e. The second-order valence-electron chi connectivity index (χ2n) is 7.84. The third-order valence-corrected chi connectivity index (χ3v) is 6.09. The molecule has 0 spiro atoms. The maximum absolute atomic E-state index is 13.3.